The molecule has 1 heterocycles. The lowest BCUT2D eigenvalue weighted by Gasteiger charge is -2.04. The van der Waals surface area contributed by atoms with Crippen molar-refractivity contribution < 1.29 is 4.39 Å². The average Bonchev–Trinajstić information content (AvgIpc) is 2.75. The molecule has 0 saturated carbocycles. The first-order valence-electron chi connectivity index (χ1n) is 5.43. The van der Waals surface area contributed by atoms with Crippen molar-refractivity contribution in [3.05, 3.63) is 41.5 Å². The second-order valence-corrected chi connectivity index (χ2v) is 3.73. The summed E-state index contributed by atoms with van der Waals surface area (Å²) in [6.45, 7) is 1.27. The van der Waals surface area contributed by atoms with E-state index in [1.54, 1.807) is 10.7 Å². The van der Waals surface area contributed by atoms with E-state index < -0.39 is 0 Å². The molecule has 0 amide bonds. The largest absolute Gasteiger partial charge is 0.313 e. The summed E-state index contributed by atoms with van der Waals surface area (Å²) in [5.41, 5.74) is 0.941. The Kier molecular flexibility index (Phi) is 3.77. The maximum atomic E-state index is 13.0. The molecular formula is C11H14FN5. The van der Waals surface area contributed by atoms with Gasteiger partial charge >= 0.3 is 0 Å². The van der Waals surface area contributed by atoms with Crippen LogP contribution in [0.15, 0.2) is 24.3 Å². The van der Waals surface area contributed by atoms with Crippen LogP contribution in [0.5, 0.6) is 0 Å². The van der Waals surface area contributed by atoms with Gasteiger partial charge in [-0.2, -0.15) is 0 Å². The highest BCUT2D eigenvalue weighted by Crippen LogP contribution is 2.05. The molecule has 0 saturated heterocycles. The van der Waals surface area contributed by atoms with Crippen molar-refractivity contribution in [1.29, 1.82) is 0 Å². The zero-order valence-corrected chi connectivity index (χ0v) is 9.60. The fourth-order valence-electron chi connectivity index (χ4n) is 1.61. The van der Waals surface area contributed by atoms with Crippen molar-refractivity contribution in [2.75, 3.05) is 7.05 Å². The predicted molar refractivity (Wildman–Crippen MR) is 60.7 cm³/mol. The second-order valence-electron chi connectivity index (χ2n) is 3.73. The minimum absolute atomic E-state index is 0.213. The Morgan fingerprint density at radius 2 is 2.29 bits per heavy atom. The summed E-state index contributed by atoms with van der Waals surface area (Å²) in [6.07, 6.45) is 0.708. The molecule has 1 aromatic heterocycles. The number of nitrogens with one attached hydrogen (secondary N) is 1. The van der Waals surface area contributed by atoms with Crippen molar-refractivity contribution in [1.82, 2.24) is 25.5 Å². The second kappa shape index (κ2) is 5.49. The smallest absolute Gasteiger partial charge is 0.165 e. The molecule has 1 aromatic carbocycles. The van der Waals surface area contributed by atoms with Crippen LogP contribution in [0, 0.1) is 5.82 Å². The van der Waals surface area contributed by atoms with Crippen molar-refractivity contribution >= 4 is 0 Å². The number of hydrogen-bond acceptors (Lipinski definition) is 4. The summed E-state index contributed by atoms with van der Waals surface area (Å²) < 4.78 is 14.7. The van der Waals surface area contributed by atoms with Gasteiger partial charge in [0.05, 0.1) is 6.54 Å². The summed E-state index contributed by atoms with van der Waals surface area (Å²) in [6, 6.07) is 6.57. The summed E-state index contributed by atoms with van der Waals surface area (Å²) in [5.74, 6) is 0.568. The Labute approximate surface area is 98.6 Å². The van der Waals surface area contributed by atoms with E-state index in [4.69, 9.17) is 0 Å². The summed E-state index contributed by atoms with van der Waals surface area (Å²) in [4.78, 5) is 0. The third-order valence-corrected chi connectivity index (χ3v) is 2.44. The Morgan fingerprint density at radius 1 is 1.41 bits per heavy atom. The Hall–Kier alpha value is -1.82. The normalized spacial score (nSPS) is 10.7. The molecule has 6 heteroatoms. The van der Waals surface area contributed by atoms with Gasteiger partial charge in [-0.3, -0.25) is 0 Å². The van der Waals surface area contributed by atoms with Crippen LogP contribution in [0.3, 0.4) is 0 Å². The standard InChI is InChI=1S/C11H14FN5/c1-13-8-11-14-15-16-17(11)6-5-9-3-2-4-10(12)7-9/h2-4,7,13H,5-6,8H2,1H3. The number of aryl methyl sites for hydroxylation is 2. The van der Waals surface area contributed by atoms with Gasteiger partial charge in [0.25, 0.3) is 0 Å². The van der Waals surface area contributed by atoms with E-state index in [2.05, 4.69) is 20.8 Å². The van der Waals surface area contributed by atoms with Crippen LogP contribution < -0.4 is 5.32 Å². The number of tetrazole rings is 1. The molecule has 0 aliphatic rings. The first kappa shape index (κ1) is 11.7. The molecule has 0 unspecified atom stereocenters. The van der Waals surface area contributed by atoms with Crippen molar-refractivity contribution in [3.8, 4) is 0 Å². The van der Waals surface area contributed by atoms with Crippen molar-refractivity contribution in [2.24, 2.45) is 0 Å². The van der Waals surface area contributed by atoms with Crippen LogP contribution >= 0.6 is 0 Å². The molecule has 0 atom stereocenters. The number of nitrogens with zero attached hydrogens (tertiary/aromatic N) is 4. The zero-order valence-electron chi connectivity index (χ0n) is 9.60. The van der Waals surface area contributed by atoms with E-state index >= 15 is 0 Å². The lowest BCUT2D eigenvalue weighted by Crippen LogP contribution is -2.14. The molecule has 0 radical (unpaired) electrons. The van der Waals surface area contributed by atoms with E-state index in [9.17, 15) is 4.39 Å². The molecule has 2 rings (SSSR count). The van der Waals surface area contributed by atoms with Crippen molar-refractivity contribution in [2.45, 2.75) is 19.5 Å². The van der Waals surface area contributed by atoms with Crippen molar-refractivity contribution in [3.63, 3.8) is 0 Å². The van der Waals surface area contributed by atoms with Crippen LogP contribution in [0.2, 0.25) is 0 Å². The third-order valence-electron chi connectivity index (χ3n) is 2.44. The number of benzene rings is 1. The molecule has 0 spiro atoms. The molecule has 0 aliphatic carbocycles. The van der Waals surface area contributed by atoms with Crippen LogP contribution in [0.25, 0.3) is 0 Å². The molecule has 17 heavy (non-hydrogen) atoms. The van der Waals surface area contributed by atoms with Gasteiger partial charge in [-0.1, -0.05) is 12.1 Å². The lowest BCUT2D eigenvalue weighted by atomic mass is 10.1. The number of aromatic nitrogens is 4. The first-order chi connectivity index (χ1) is 8.29. The summed E-state index contributed by atoms with van der Waals surface area (Å²) in [5, 5.41) is 14.4. The Balaban J connectivity index is 1.99. The Bertz CT molecular complexity index is 482. The van der Waals surface area contributed by atoms with Gasteiger partial charge < -0.3 is 5.32 Å². The fraction of sp³-hybridized carbons (Fsp3) is 0.364. The van der Waals surface area contributed by atoms with E-state index in [0.717, 1.165) is 11.4 Å². The highest BCUT2D eigenvalue weighted by molar-refractivity contribution is 5.16. The molecule has 0 fully saturated rings. The molecular weight excluding hydrogens is 221 g/mol. The summed E-state index contributed by atoms with van der Waals surface area (Å²) in [7, 11) is 1.84. The molecule has 0 bridgehead atoms. The molecule has 2 aromatic rings. The number of rotatable bonds is 5. The Morgan fingerprint density at radius 3 is 3.06 bits per heavy atom. The lowest BCUT2D eigenvalue weighted by molar-refractivity contribution is 0.551. The quantitative estimate of drug-likeness (QED) is 0.832. The topological polar surface area (TPSA) is 55.6 Å². The van der Waals surface area contributed by atoms with Crippen LogP contribution in [-0.2, 0) is 19.5 Å². The SMILES string of the molecule is CNCc1nnnn1CCc1cccc(F)c1. The van der Waals surface area contributed by atoms with E-state index in [1.165, 1.54) is 12.1 Å². The van der Waals surface area contributed by atoms with Gasteiger partial charge in [0.15, 0.2) is 5.82 Å². The molecule has 90 valence electrons. The number of halogens is 1. The zero-order chi connectivity index (χ0) is 12.1. The average molecular weight is 235 g/mol. The van der Waals surface area contributed by atoms with Crippen LogP contribution in [-0.4, -0.2) is 27.3 Å². The highest BCUT2D eigenvalue weighted by atomic mass is 19.1. The van der Waals surface area contributed by atoms with Gasteiger partial charge in [-0.05, 0) is 41.6 Å². The minimum atomic E-state index is -0.213. The molecule has 0 aliphatic heterocycles. The highest BCUT2D eigenvalue weighted by Gasteiger charge is 2.04. The fourth-order valence-corrected chi connectivity index (χ4v) is 1.61. The summed E-state index contributed by atoms with van der Waals surface area (Å²) >= 11 is 0. The van der Waals surface area contributed by atoms with E-state index in [0.29, 0.717) is 19.5 Å². The van der Waals surface area contributed by atoms with Gasteiger partial charge in [0.2, 0.25) is 0 Å². The molecule has 5 nitrogen and oxygen atoms in total. The van der Waals surface area contributed by atoms with Gasteiger partial charge in [-0.15, -0.1) is 5.10 Å². The maximum absolute atomic E-state index is 13.0. The van der Waals surface area contributed by atoms with Gasteiger partial charge in [0, 0.05) is 6.54 Å². The van der Waals surface area contributed by atoms with Crippen LogP contribution in [0.4, 0.5) is 4.39 Å². The third kappa shape index (κ3) is 3.07. The van der Waals surface area contributed by atoms with E-state index in [1.807, 2.05) is 13.1 Å². The minimum Gasteiger partial charge on any atom is -0.313 e. The maximum Gasteiger partial charge on any atom is 0.165 e. The van der Waals surface area contributed by atoms with Gasteiger partial charge in [-0.25, -0.2) is 9.07 Å². The monoisotopic (exact) mass is 235 g/mol. The number of hydrogen-bond donors (Lipinski definition) is 1. The van der Waals surface area contributed by atoms with E-state index in [-0.39, 0.29) is 5.82 Å². The van der Waals surface area contributed by atoms with Gasteiger partial charge in [0.1, 0.15) is 5.82 Å². The predicted octanol–water partition coefficient (Wildman–Crippen LogP) is 0.774. The first-order valence-corrected chi connectivity index (χ1v) is 5.43. The van der Waals surface area contributed by atoms with Crippen LogP contribution in [0.1, 0.15) is 11.4 Å². The molecule has 1 N–H and O–H groups in total.